The molecule has 0 atom stereocenters. The van der Waals surface area contributed by atoms with Gasteiger partial charge in [0.05, 0.1) is 21.4 Å². The molecular weight excluding hydrogens is 639 g/mol. The first-order valence-electron chi connectivity index (χ1n) is 17.4. The number of aromatic nitrogens is 1. The van der Waals surface area contributed by atoms with Crippen molar-refractivity contribution in [3.8, 4) is 16.8 Å². The molecule has 0 N–H and O–H groups in total. The van der Waals surface area contributed by atoms with E-state index in [1.54, 1.807) is 0 Å². The highest BCUT2D eigenvalue weighted by Gasteiger charge is 2.19. The summed E-state index contributed by atoms with van der Waals surface area (Å²) in [5.41, 5.74) is 7.96. The molecule has 0 aliphatic heterocycles. The van der Waals surface area contributed by atoms with E-state index < -0.39 is 0 Å². The summed E-state index contributed by atoms with van der Waals surface area (Å²) < 4.78 is 11.6. The summed E-state index contributed by atoms with van der Waals surface area (Å²) >= 11 is 1.90. The van der Waals surface area contributed by atoms with Gasteiger partial charge in [0.25, 0.3) is 0 Å². The standard InChI is InChI=1S/C48H27NOS/c1-3-13-32-30(11-1)31-12-2-4-14-33(31)39-27-46-41(26-38(32)39)40-25-28(23-24-45(40)50-46)29-17-9-18-36-37-19-10-22-44(48(37)51-47(29)36)49-42-20-7-5-15-34(42)35-16-6-8-21-43(35)49/h1-27H. The van der Waals surface area contributed by atoms with Gasteiger partial charge in [0, 0.05) is 37.0 Å². The van der Waals surface area contributed by atoms with E-state index in [9.17, 15) is 0 Å². The monoisotopic (exact) mass is 665 g/mol. The maximum absolute atomic E-state index is 6.58. The number of hydrogen-bond acceptors (Lipinski definition) is 2. The molecule has 0 spiro atoms. The third-order valence-corrected chi connectivity index (χ3v) is 12.2. The molecule has 0 fully saturated rings. The molecule has 3 aromatic heterocycles. The lowest BCUT2D eigenvalue weighted by Crippen LogP contribution is -1.93. The minimum absolute atomic E-state index is 0.912. The second kappa shape index (κ2) is 10.1. The SMILES string of the molecule is c1cc(-c2ccc3oc4cc5c6ccccc6c6ccccc6c5cc4c3c2)c2sc3c(-n4c5ccccc5c5ccccc54)cccc3c2c1. The molecule has 12 aromatic rings. The van der Waals surface area contributed by atoms with Crippen molar-refractivity contribution in [3.63, 3.8) is 0 Å². The fourth-order valence-corrected chi connectivity index (χ4v) is 10.1. The molecule has 0 bridgehead atoms. The van der Waals surface area contributed by atoms with Gasteiger partial charge in [-0.2, -0.15) is 0 Å². The Hall–Kier alpha value is -6.42. The Morgan fingerprint density at radius 1 is 0.353 bits per heavy atom. The lowest BCUT2D eigenvalue weighted by atomic mass is 9.93. The van der Waals surface area contributed by atoms with Crippen molar-refractivity contribution < 1.29 is 4.42 Å². The van der Waals surface area contributed by atoms with E-state index in [4.69, 9.17) is 4.42 Å². The van der Waals surface area contributed by atoms with Crippen molar-refractivity contribution >= 4 is 108 Å². The predicted molar refractivity (Wildman–Crippen MR) is 219 cm³/mol. The zero-order valence-electron chi connectivity index (χ0n) is 27.4. The van der Waals surface area contributed by atoms with E-state index in [1.807, 2.05) is 11.3 Å². The first-order valence-corrected chi connectivity index (χ1v) is 18.2. The quantitative estimate of drug-likeness (QED) is 0.168. The van der Waals surface area contributed by atoms with Crippen LogP contribution in [0.5, 0.6) is 0 Å². The van der Waals surface area contributed by atoms with Gasteiger partial charge in [-0.05, 0) is 85.9 Å². The zero-order valence-corrected chi connectivity index (χ0v) is 28.2. The van der Waals surface area contributed by atoms with E-state index in [2.05, 4.69) is 168 Å². The van der Waals surface area contributed by atoms with Gasteiger partial charge in [-0.25, -0.2) is 0 Å². The van der Waals surface area contributed by atoms with Crippen molar-refractivity contribution in [2.75, 3.05) is 0 Å². The summed E-state index contributed by atoms with van der Waals surface area (Å²) in [5.74, 6) is 0. The predicted octanol–water partition coefficient (Wildman–Crippen LogP) is 14.2. The van der Waals surface area contributed by atoms with Crippen LogP contribution in [0.4, 0.5) is 0 Å². The first kappa shape index (κ1) is 27.4. The summed E-state index contributed by atoms with van der Waals surface area (Å²) in [7, 11) is 0. The van der Waals surface area contributed by atoms with E-state index in [-0.39, 0.29) is 0 Å². The highest BCUT2D eigenvalue weighted by molar-refractivity contribution is 7.26. The Morgan fingerprint density at radius 2 is 0.882 bits per heavy atom. The molecule has 0 radical (unpaired) electrons. The van der Waals surface area contributed by atoms with Crippen LogP contribution in [-0.4, -0.2) is 4.57 Å². The molecule has 0 saturated heterocycles. The average molecular weight is 666 g/mol. The van der Waals surface area contributed by atoms with Crippen LogP contribution in [0.25, 0.3) is 113 Å². The van der Waals surface area contributed by atoms with Crippen molar-refractivity contribution in [3.05, 3.63) is 164 Å². The fourth-order valence-electron chi connectivity index (χ4n) is 8.73. The molecule has 236 valence electrons. The molecule has 3 heteroatoms. The van der Waals surface area contributed by atoms with Crippen molar-refractivity contribution in [2.24, 2.45) is 0 Å². The lowest BCUT2D eigenvalue weighted by Gasteiger charge is -2.10. The van der Waals surface area contributed by atoms with Gasteiger partial charge in [-0.1, -0.05) is 121 Å². The third-order valence-electron chi connectivity index (χ3n) is 11.0. The van der Waals surface area contributed by atoms with Crippen LogP contribution in [-0.2, 0) is 0 Å². The Kier molecular flexibility index (Phi) is 5.41. The number of thiophene rings is 1. The van der Waals surface area contributed by atoms with E-state index in [0.717, 1.165) is 21.9 Å². The van der Waals surface area contributed by atoms with Crippen molar-refractivity contribution in [1.29, 1.82) is 0 Å². The third kappa shape index (κ3) is 3.71. The maximum Gasteiger partial charge on any atom is 0.136 e. The molecule has 2 nitrogen and oxygen atoms in total. The fraction of sp³-hybridized carbons (Fsp3) is 0. The maximum atomic E-state index is 6.58. The van der Waals surface area contributed by atoms with Crippen molar-refractivity contribution in [1.82, 2.24) is 4.57 Å². The van der Waals surface area contributed by atoms with E-state index >= 15 is 0 Å². The van der Waals surface area contributed by atoms with E-state index in [0.29, 0.717) is 0 Å². The number of benzene rings is 9. The first-order chi connectivity index (χ1) is 25.3. The highest BCUT2D eigenvalue weighted by atomic mass is 32.1. The summed E-state index contributed by atoms with van der Waals surface area (Å²) in [6.45, 7) is 0. The summed E-state index contributed by atoms with van der Waals surface area (Å²) in [4.78, 5) is 0. The van der Waals surface area contributed by atoms with Crippen LogP contribution >= 0.6 is 11.3 Å². The Bertz CT molecular complexity index is 3380. The van der Waals surface area contributed by atoms with Gasteiger partial charge < -0.3 is 8.98 Å². The molecular formula is C48H27NOS. The van der Waals surface area contributed by atoms with Crippen LogP contribution in [0.3, 0.4) is 0 Å². The second-order valence-electron chi connectivity index (χ2n) is 13.6. The largest absolute Gasteiger partial charge is 0.456 e. The van der Waals surface area contributed by atoms with Crippen LogP contribution < -0.4 is 0 Å². The molecule has 0 aliphatic rings. The molecule has 51 heavy (non-hydrogen) atoms. The van der Waals surface area contributed by atoms with Gasteiger partial charge in [0.15, 0.2) is 0 Å². The smallest absolute Gasteiger partial charge is 0.136 e. The Labute approximate surface area is 296 Å². The summed E-state index contributed by atoms with van der Waals surface area (Å²) in [6.07, 6.45) is 0. The van der Waals surface area contributed by atoms with Gasteiger partial charge in [-0.3, -0.25) is 0 Å². The van der Waals surface area contributed by atoms with Crippen LogP contribution in [0.2, 0.25) is 0 Å². The molecule has 0 amide bonds. The summed E-state index contributed by atoms with van der Waals surface area (Å²) in [6, 6.07) is 59.9. The molecule has 0 aliphatic carbocycles. The summed E-state index contributed by atoms with van der Waals surface area (Å²) in [5, 5.41) is 15.0. The molecule has 12 rings (SSSR count). The number of hydrogen-bond donors (Lipinski definition) is 0. The molecule has 0 unspecified atom stereocenters. The minimum Gasteiger partial charge on any atom is -0.456 e. The Balaban J connectivity index is 1.10. The number of furan rings is 1. The molecule has 3 heterocycles. The minimum atomic E-state index is 0.912. The van der Waals surface area contributed by atoms with Crippen LogP contribution in [0.1, 0.15) is 0 Å². The number of rotatable bonds is 2. The van der Waals surface area contributed by atoms with Crippen molar-refractivity contribution in [2.45, 2.75) is 0 Å². The number of para-hydroxylation sites is 2. The van der Waals surface area contributed by atoms with Crippen LogP contribution in [0, 0.1) is 0 Å². The zero-order chi connectivity index (χ0) is 33.2. The highest BCUT2D eigenvalue weighted by Crippen LogP contribution is 2.46. The van der Waals surface area contributed by atoms with E-state index in [1.165, 1.54) is 91.1 Å². The normalized spacial score (nSPS) is 12.3. The van der Waals surface area contributed by atoms with Gasteiger partial charge in [0.1, 0.15) is 11.2 Å². The molecule has 9 aromatic carbocycles. The van der Waals surface area contributed by atoms with Crippen LogP contribution in [0.15, 0.2) is 168 Å². The lowest BCUT2D eigenvalue weighted by molar-refractivity contribution is 0.669. The van der Waals surface area contributed by atoms with Gasteiger partial charge in [0.2, 0.25) is 0 Å². The number of nitrogens with zero attached hydrogens (tertiary/aromatic N) is 1. The topological polar surface area (TPSA) is 18.1 Å². The molecule has 0 saturated carbocycles. The Morgan fingerprint density at radius 3 is 1.57 bits per heavy atom. The average Bonchev–Trinajstić information content (AvgIpc) is 3.86. The van der Waals surface area contributed by atoms with Gasteiger partial charge >= 0.3 is 0 Å². The van der Waals surface area contributed by atoms with Gasteiger partial charge in [-0.15, -0.1) is 11.3 Å². The number of fused-ring (bicyclic) bond motifs is 15. The second-order valence-corrected chi connectivity index (χ2v) is 14.6.